The third kappa shape index (κ3) is 2.82. The lowest BCUT2D eigenvalue weighted by Crippen LogP contribution is -2.51. The van der Waals surface area contributed by atoms with Gasteiger partial charge in [0.05, 0.1) is 19.3 Å². The highest BCUT2D eigenvalue weighted by molar-refractivity contribution is 5.79. The molecule has 0 aliphatic carbocycles. The monoisotopic (exact) mass is 330 g/mol. The van der Waals surface area contributed by atoms with Crippen molar-refractivity contribution in [1.29, 1.82) is 0 Å². The number of aromatic nitrogens is 4. The second-order valence-corrected chi connectivity index (χ2v) is 6.54. The number of carbonyl (C=O) groups excluding carboxylic acids is 1. The van der Waals surface area contributed by atoms with Gasteiger partial charge in [-0.25, -0.2) is 0 Å². The van der Waals surface area contributed by atoms with Crippen LogP contribution in [0.25, 0.3) is 5.65 Å². The van der Waals surface area contributed by atoms with Crippen LogP contribution in [0.5, 0.6) is 0 Å². The first-order valence-corrected chi connectivity index (χ1v) is 8.52. The van der Waals surface area contributed by atoms with Gasteiger partial charge in [-0.3, -0.25) is 4.79 Å². The van der Waals surface area contributed by atoms with E-state index in [1.54, 1.807) is 10.8 Å². The summed E-state index contributed by atoms with van der Waals surface area (Å²) in [5.74, 6) is 1.31. The van der Waals surface area contributed by atoms with Crippen molar-refractivity contribution in [3.8, 4) is 0 Å². The third-order valence-corrected chi connectivity index (χ3v) is 4.97. The van der Waals surface area contributed by atoms with E-state index in [9.17, 15) is 4.79 Å². The first-order chi connectivity index (χ1) is 11.7. The molecule has 8 nitrogen and oxygen atoms in total. The van der Waals surface area contributed by atoms with Gasteiger partial charge in [0, 0.05) is 25.6 Å². The number of anilines is 1. The second-order valence-electron chi connectivity index (χ2n) is 6.54. The summed E-state index contributed by atoms with van der Waals surface area (Å²) in [7, 11) is 0. The van der Waals surface area contributed by atoms with E-state index in [0.717, 1.165) is 37.4 Å². The fourth-order valence-electron chi connectivity index (χ4n) is 3.53. The van der Waals surface area contributed by atoms with Crippen LogP contribution in [0.4, 0.5) is 5.82 Å². The smallest absolute Gasteiger partial charge is 0.226 e. The van der Waals surface area contributed by atoms with E-state index in [4.69, 9.17) is 4.74 Å². The number of piperidine rings is 1. The molecule has 4 rings (SSSR count). The Labute approximate surface area is 140 Å². The summed E-state index contributed by atoms with van der Waals surface area (Å²) in [6, 6.07) is 4.07. The lowest BCUT2D eigenvalue weighted by Gasteiger charge is -2.38. The lowest BCUT2D eigenvalue weighted by atomic mass is 9.94. The van der Waals surface area contributed by atoms with Crippen LogP contribution in [-0.4, -0.2) is 69.5 Å². The molecule has 2 aliphatic heterocycles. The molecule has 0 radical (unpaired) electrons. The number of hydrogen-bond donors (Lipinski definition) is 0. The average molecular weight is 330 g/mol. The third-order valence-electron chi connectivity index (χ3n) is 4.97. The molecule has 0 saturated carbocycles. The fraction of sp³-hybridized carbons (Fsp3) is 0.625. The summed E-state index contributed by atoms with van der Waals surface area (Å²) < 4.78 is 7.11. The van der Waals surface area contributed by atoms with Gasteiger partial charge in [-0.05, 0) is 31.9 Å². The zero-order valence-electron chi connectivity index (χ0n) is 13.8. The molecule has 0 bridgehead atoms. The molecule has 8 heteroatoms. The Morgan fingerprint density at radius 3 is 2.88 bits per heavy atom. The number of hydrogen-bond acceptors (Lipinski definition) is 6. The topological polar surface area (TPSA) is 75.9 Å². The van der Waals surface area contributed by atoms with Crippen molar-refractivity contribution in [3.63, 3.8) is 0 Å². The molecule has 2 fully saturated rings. The number of carbonyl (C=O) groups is 1. The van der Waals surface area contributed by atoms with Crippen LogP contribution < -0.4 is 4.90 Å². The van der Waals surface area contributed by atoms with Crippen LogP contribution in [0.2, 0.25) is 0 Å². The molecule has 128 valence electrons. The molecular weight excluding hydrogens is 308 g/mol. The predicted molar refractivity (Wildman–Crippen MR) is 87.7 cm³/mol. The summed E-state index contributed by atoms with van der Waals surface area (Å²) in [6.45, 7) is 5.76. The predicted octanol–water partition coefficient (Wildman–Crippen LogP) is 0.588. The molecule has 2 aliphatic rings. The molecular formula is C16H22N6O2. The fourth-order valence-corrected chi connectivity index (χ4v) is 3.53. The van der Waals surface area contributed by atoms with Crippen LogP contribution >= 0.6 is 0 Å². The molecule has 0 N–H and O–H groups in total. The Bertz CT molecular complexity index is 724. The number of morpholine rings is 1. The van der Waals surface area contributed by atoms with Crippen LogP contribution in [0.3, 0.4) is 0 Å². The lowest BCUT2D eigenvalue weighted by molar-refractivity contribution is -0.144. The highest BCUT2D eigenvalue weighted by Crippen LogP contribution is 2.24. The Morgan fingerprint density at radius 2 is 2.08 bits per heavy atom. The molecule has 2 saturated heterocycles. The Morgan fingerprint density at radius 1 is 1.25 bits per heavy atom. The average Bonchev–Trinajstić information content (AvgIpc) is 3.09. The number of rotatable bonds is 2. The molecule has 0 spiro atoms. The number of ether oxygens (including phenoxy) is 1. The van der Waals surface area contributed by atoms with E-state index >= 15 is 0 Å². The number of nitrogens with zero attached hydrogens (tertiary/aromatic N) is 6. The first-order valence-electron chi connectivity index (χ1n) is 8.52. The molecule has 4 heterocycles. The van der Waals surface area contributed by atoms with Gasteiger partial charge in [-0.1, -0.05) is 0 Å². The van der Waals surface area contributed by atoms with Crippen molar-refractivity contribution < 1.29 is 9.53 Å². The summed E-state index contributed by atoms with van der Waals surface area (Å²) in [5, 5.41) is 12.4. The number of amides is 1. The highest BCUT2D eigenvalue weighted by Gasteiger charge is 2.32. The van der Waals surface area contributed by atoms with Gasteiger partial charge in [0.25, 0.3) is 0 Å². The number of fused-ring (bicyclic) bond motifs is 1. The van der Waals surface area contributed by atoms with Gasteiger partial charge >= 0.3 is 0 Å². The van der Waals surface area contributed by atoms with E-state index in [-0.39, 0.29) is 17.9 Å². The van der Waals surface area contributed by atoms with Crippen molar-refractivity contribution in [2.24, 2.45) is 5.92 Å². The molecule has 24 heavy (non-hydrogen) atoms. The Balaban J connectivity index is 1.40. The van der Waals surface area contributed by atoms with E-state index in [1.165, 1.54) is 0 Å². The molecule has 2 aromatic rings. The SMILES string of the molecule is C[C@H]1COCCN1C(=O)C1CCN(c2ccc3nncn3n2)CC1. The minimum atomic E-state index is 0.112. The van der Waals surface area contributed by atoms with Crippen molar-refractivity contribution in [2.45, 2.75) is 25.8 Å². The van der Waals surface area contributed by atoms with Crippen molar-refractivity contribution in [2.75, 3.05) is 37.7 Å². The van der Waals surface area contributed by atoms with Crippen molar-refractivity contribution in [1.82, 2.24) is 24.7 Å². The van der Waals surface area contributed by atoms with Gasteiger partial charge in [0.1, 0.15) is 12.1 Å². The normalized spacial score (nSPS) is 23.0. The van der Waals surface area contributed by atoms with E-state index in [0.29, 0.717) is 19.8 Å². The van der Waals surface area contributed by atoms with Crippen LogP contribution in [0.1, 0.15) is 19.8 Å². The Hall–Kier alpha value is -2.22. The van der Waals surface area contributed by atoms with Crippen LogP contribution in [0, 0.1) is 5.92 Å². The summed E-state index contributed by atoms with van der Waals surface area (Å²) in [5.41, 5.74) is 0.741. The summed E-state index contributed by atoms with van der Waals surface area (Å²) in [4.78, 5) is 17.0. The molecule has 0 aromatic carbocycles. The quantitative estimate of drug-likeness (QED) is 0.802. The maximum absolute atomic E-state index is 12.8. The van der Waals surface area contributed by atoms with Crippen molar-refractivity contribution >= 4 is 17.4 Å². The minimum absolute atomic E-state index is 0.112. The second kappa shape index (κ2) is 6.35. The highest BCUT2D eigenvalue weighted by atomic mass is 16.5. The zero-order valence-corrected chi connectivity index (χ0v) is 13.8. The van der Waals surface area contributed by atoms with E-state index in [1.807, 2.05) is 17.0 Å². The molecule has 1 amide bonds. The van der Waals surface area contributed by atoms with Gasteiger partial charge < -0.3 is 14.5 Å². The van der Waals surface area contributed by atoms with Crippen LogP contribution in [0.15, 0.2) is 18.5 Å². The molecule has 2 aromatic heterocycles. The minimum Gasteiger partial charge on any atom is -0.377 e. The summed E-state index contributed by atoms with van der Waals surface area (Å²) >= 11 is 0. The van der Waals surface area contributed by atoms with Crippen molar-refractivity contribution in [3.05, 3.63) is 18.5 Å². The van der Waals surface area contributed by atoms with E-state index < -0.39 is 0 Å². The van der Waals surface area contributed by atoms with Crippen LogP contribution in [-0.2, 0) is 9.53 Å². The maximum atomic E-state index is 12.8. The van der Waals surface area contributed by atoms with E-state index in [2.05, 4.69) is 27.1 Å². The van der Waals surface area contributed by atoms with Gasteiger partial charge in [0.15, 0.2) is 5.65 Å². The summed E-state index contributed by atoms with van der Waals surface area (Å²) in [6.07, 6.45) is 3.34. The maximum Gasteiger partial charge on any atom is 0.226 e. The van der Waals surface area contributed by atoms with Gasteiger partial charge in [-0.2, -0.15) is 4.52 Å². The van der Waals surface area contributed by atoms with Gasteiger partial charge in [-0.15, -0.1) is 15.3 Å². The zero-order chi connectivity index (χ0) is 16.5. The Kier molecular flexibility index (Phi) is 4.05. The largest absolute Gasteiger partial charge is 0.377 e. The molecule has 0 unspecified atom stereocenters. The molecule has 1 atom stereocenters. The van der Waals surface area contributed by atoms with Gasteiger partial charge in [0.2, 0.25) is 5.91 Å². The standard InChI is InChI=1S/C16H22N6O2/c1-12-10-24-9-8-21(12)16(23)13-4-6-20(7-5-13)15-3-2-14-18-17-11-22(14)19-15/h2-3,11-13H,4-10H2,1H3/t12-/m0/s1. The first kappa shape index (κ1) is 15.3.